The Labute approximate surface area is 125 Å². The maximum atomic E-state index is 10.8. The van der Waals surface area contributed by atoms with E-state index in [0.717, 1.165) is 5.56 Å². The number of aliphatic hydroxyl groups is 1. The van der Waals surface area contributed by atoms with Crippen LogP contribution in [0.1, 0.15) is 18.4 Å². The summed E-state index contributed by atoms with van der Waals surface area (Å²) in [4.78, 5) is 10.4. The molecule has 1 heterocycles. The summed E-state index contributed by atoms with van der Waals surface area (Å²) in [5, 5.41) is 24.3. The lowest BCUT2D eigenvalue weighted by atomic mass is 9.94. The van der Waals surface area contributed by atoms with E-state index in [0.29, 0.717) is 43.6 Å². The van der Waals surface area contributed by atoms with E-state index < -0.39 is 10.5 Å². The van der Waals surface area contributed by atoms with Gasteiger partial charge in [0.05, 0.1) is 15.0 Å². The molecule has 110 valence electrons. The molecule has 0 aromatic heterocycles. The normalized spacial score (nSPS) is 17.9. The summed E-state index contributed by atoms with van der Waals surface area (Å²) in [7, 11) is 0. The Balaban J connectivity index is 1.94. The number of nitro groups is 1. The highest BCUT2D eigenvalue weighted by molar-refractivity contribution is 9.10. The molecule has 0 atom stereocenters. The van der Waals surface area contributed by atoms with Gasteiger partial charge in [-0.05, 0) is 21.5 Å². The molecule has 0 amide bonds. The largest absolute Gasteiger partial charge is 0.388 e. The van der Waals surface area contributed by atoms with Crippen molar-refractivity contribution in [2.75, 3.05) is 19.8 Å². The second kappa shape index (κ2) is 6.62. The summed E-state index contributed by atoms with van der Waals surface area (Å²) in [6.45, 7) is 2.05. The molecule has 1 aliphatic heterocycles. The van der Waals surface area contributed by atoms with Crippen LogP contribution in [0, 0.1) is 10.1 Å². The Hall–Kier alpha value is -1.02. The Morgan fingerprint density at radius 2 is 2.15 bits per heavy atom. The summed E-state index contributed by atoms with van der Waals surface area (Å²) in [6.07, 6.45) is 1.21. The first-order valence-electron chi connectivity index (χ1n) is 6.44. The van der Waals surface area contributed by atoms with Gasteiger partial charge < -0.3 is 15.2 Å². The average molecular weight is 345 g/mol. The summed E-state index contributed by atoms with van der Waals surface area (Å²) in [5.41, 5.74) is 0.106. The number of nitrogens with zero attached hydrogens (tertiary/aromatic N) is 1. The minimum absolute atomic E-state index is 0.0501. The molecule has 1 fully saturated rings. The quantitative estimate of drug-likeness (QED) is 0.630. The molecule has 1 aromatic carbocycles. The first-order chi connectivity index (χ1) is 9.52. The molecule has 2 rings (SSSR count). The summed E-state index contributed by atoms with van der Waals surface area (Å²) >= 11 is 3.26. The number of rotatable bonds is 5. The number of halogens is 1. The van der Waals surface area contributed by atoms with E-state index in [1.807, 2.05) is 6.07 Å². The first kappa shape index (κ1) is 15.4. The lowest BCUT2D eigenvalue weighted by Crippen LogP contribution is -2.44. The van der Waals surface area contributed by atoms with Crippen molar-refractivity contribution < 1.29 is 14.8 Å². The molecular weight excluding hydrogens is 328 g/mol. The smallest absolute Gasteiger partial charge is 0.283 e. The van der Waals surface area contributed by atoms with Gasteiger partial charge in [0, 0.05) is 45.2 Å². The zero-order valence-corrected chi connectivity index (χ0v) is 12.6. The van der Waals surface area contributed by atoms with Crippen LogP contribution in [0.2, 0.25) is 0 Å². The van der Waals surface area contributed by atoms with Crippen LogP contribution in [-0.4, -0.2) is 35.4 Å². The van der Waals surface area contributed by atoms with Crippen LogP contribution in [0.5, 0.6) is 0 Å². The SMILES string of the molecule is O=[N+]([O-])c1cccc(CNCC2(O)CCOCC2)c1Br. The molecule has 0 bridgehead atoms. The number of hydrogen-bond donors (Lipinski definition) is 2. The van der Waals surface area contributed by atoms with Gasteiger partial charge in [0.15, 0.2) is 0 Å². The van der Waals surface area contributed by atoms with Gasteiger partial charge in [-0.3, -0.25) is 10.1 Å². The fourth-order valence-electron chi connectivity index (χ4n) is 2.20. The van der Waals surface area contributed by atoms with Crippen molar-refractivity contribution in [3.63, 3.8) is 0 Å². The van der Waals surface area contributed by atoms with Gasteiger partial charge in [-0.15, -0.1) is 0 Å². The van der Waals surface area contributed by atoms with Crippen LogP contribution in [0.25, 0.3) is 0 Å². The Bertz CT molecular complexity index is 489. The molecule has 20 heavy (non-hydrogen) atoms. The second-order valence-electron chi connectivity index (χ2n) is 4.95. The number of benzene rings is 1. The average Bonchev–Trinajstić information content (AvgIpc) is 2.41. The second-order valence-corrected chi connectivity index (χ2v) is 5.74. The molecular formula is C13H17BrN2O4. The van der Waals surface area contributed by atoms with E-state index in [1.54, 1.807) is 6.07 Å². The molecule has 0 unspecified atom stereocenters. The zero-order valence-electron chi connectivity index (χ0n) is 11.0. The molecule has 1 aliphatic rings. The number of ether oxygens (including phenoxy) is 1. The summed E-state index contributed by atoms with van der Waals surface area (Å²) in [6, 6.07) is 4.93. The van der Waals surface area contributed by atoms with E-state index in [4.69, 9.17) is 4.74 Å². The third kappa shape index (κ3) is 3.76. The van der Waals surface area contributed by atoms with E-state index in [1.165, 1.54) is 6.07 Å². The van der Waals surface area contributed by atoms with Crippen LogP contribution >= 0.6 is 15.9 Å². The molecule has 1 aromatic rings. The topological polar surface area (TPSA) is 84.6 Å². The zero-order chi connectivity index (χ0) is 14.6. The van der Waals surface area contributed by atoms with Gasteiger partial charge in [0.2, 0.25) is 0 Å². The monoisotopic (exact) mass is 344 g/mol. The molecule has 7 heteroatoms. The number of hydrogen-bond acceptors (Lipinski definition) is 5. The van der Waals surface area contributed by atoms with Gasteiger partial charge in [0.1, 0.15) is 0 Å². The van der Waals surface area contributed by atoms with E-state index in [9.17, 15) is 15.2 Å². The number of nitrogens with one attached hydrogen (secondary N) is 1. The standard InChI is InChI=1S/C13H17BrN2O4/c14-12-10(2-1-3-11(12)16(18)19)8-15-9-13(17)4-6-20-7-5-13/h1-3,15,17H,4-9H2. The van der Waals surface area contributed by atoms with E-state index in [2.05, 4.69) is 21.2 Å². The molecule has 0 aliphatic carbocycles. The van der Waals surface area contributed by atoms with Crippen molar-refractivity contribution in [1.82, 2.24) is 5.32 Å². The van der Waals surface area contributed by atoms with Crippen molar-refractivity contribution >= 4 is 21.6 Å². The summed E-state index contributed by atoms with van der Waals surface area (Å²) in [5.74, 6) is 0. The van der Waals surface area contributed by atoms with Gasteiger partial charge in [0.25, 0.3) is 5.69 Å². The third-order valence-corrected chi connectivity index (χ3v) is 4.36. The maximum Gasteiger partial charge on any atom is 0.283 e. The number of nitro benzene ring substituents is 1. The lowest BCUT2D eigenvalue weighted by Gasteiger charge is -2.32. The van der Waals surface area contributed by atoms with Crippen LogP contribution in [-0.2, 0) is 11.3 Å². The first-order valence-corrected chi connectivity index (χ1v) is 7.24. The molecule has 0 spiro atoms. The van der Waals surface area contributed by atoms with Crippen molar-refractivity contribution in [3.05, 3.63) is 38.3 Å². The van der Waals surface area contributed by atoms with Gasteiger partial charge in [-0.25, -0.2) is 0 Å². The van der Waals surface area contributed by atoms with E-state index >= 15 is 0 Å². The molecule has 2 N–H and O–H groups in total. The van der Waals surface area contributed by atoms with E-state index in [-0.39, 0.29) is 5.69 Å². The fourth-order valence-corrected chi connectivity index (χ4v) is 2.75. The van der Waals surface area contributed by atoms with Crippen molar-refractivity contribution in [2.24, 2.45) is 0 Å². The highest BCUT2D eigenvalue weighted by Crippen LogP contribution is 2.28. The predicted octanol–water partition coefficient (Wildman–Crippen LogP) is 1.99. The summed E-state index contributed by atoms with van der Waals surface area (Å²) < 4.78 is 5.70. The molecule has 1 saturated heterocycles. The molecule has 0 saturated carbocycles. The van der Waals surface area contributed by atoms with Crippen molar-refractivity contribution in [3.8, 4) is 0 Å². The van der Waals surface area contributed by atoms with Crippen LogP contribution in [0.4, 0.5) is 5.69 Å². The van der Waals surface area contributed by atoms with Gasteiger partial charge in [-0.1, -0.05) is 12.1 Å². The maximum absolute atomic E-state index is 10.8. The van der Waals surface area contributed by atoms with Crippen molar-refractivity contribution in [2.45, 2.75) is 25.0 Å². The molecule has 6 nitrogen and oxygen atoms in total. The van der Waals surface area contributed by atoms with Gasteiger partial charge >= 0.3 is 0 Å². The van der Waals surface area contributed by atoms with Crippen LogP contribution in [0.15, 0.2) is 22.7 Å². The highest BCUT2D eigenvalue weighted by Gasteiger charge is 2.29. The molecule has 0 radical (unpaired) electrons. The lowest BCUT2D eigenvalue weighted by molar-refractivity contribution is -0.385. The fraction of sp³-hybridized carbons (Fsp3) is 0.538. The Morgan fingerprint density at radius 3 is 2.80 bits per heavy atom. The minimum Gasteiger partial charge on any atom is -0.388 e. The highest BCUT2D eigenvalue weighted by atomic mass is 79.9. The minimum atomic E-state index is -0.745. The third-order valence-electron chi connectivity index (χ3n) is 3.45. The van der Waals surface area contributed by atoms with Gasteiger partial charge in [-0.2, -0.15) is 0 Å². The Morgan fingerprint density at radius 1 is 1.45 bits per heavy atom. The van der Waals surface area contributed by atoms with Crippen molar-refractivity contribution in [1.29, 1.82) is 0 Å². The Kier molecular flexibility index (Phi) is 5.09. The predicted molar refractivity (Wildman–Crippen MR) is 77.5 cm³/mol. The van der Waals surface area contributed by atoms with Crippen LogP contribution in [0.3, 0.4) is 0 Å². The van der Waals surface area contributed by atoms with Crippen LogP contribution < -0.4 is 5.32 Å².